The Morgan fingerprint density at radius 3 is 2.73 bits per heavy atom. The quantitative estimate of drug-likeness (QED) is 0.455. The normalized spacial score (nSPS) is 21.1. The number of ether oxygens (including phenoxy) is 1. The molecule has 0 unspecified atom stereocenters. The molecule has 8 nitrogen and oxygen atoms in total. The van der Waals surface area contributed by atoms with Crippen LogP contribution >= 0.6 is 11.6 Å². The fraction of sp³-hybridized carbons (Fsp3) is 0.375. The largest absolute Gasteiger partial charge is 0.474 e. The summed E-state index contributed by atoms with van der Waals surface area (Å²) in [6.07, 6.45) is -4.84. The molecule has 0 bridgehead atoms. The number of piperazine rings is 1. The van der Waals surface area contributed by atoms with Crippen molar-refractivity contribution in [2.75, 3.05) is 41.8 Å². The van der Waals surface area contributed by atoms with Gasteiger partial charge < -0.3 is 25.6 Å². The number of fused-ring (bicyclic) bond motifs is 4. The summed E-state index contributed by atoms with van der Waals surface area (Å²) in [5, 5.41) is 3.27. The van der Waals surface area contributed by atoms with E-state index in [1.54, 1.807) is 4.90 Å². The summed E-state index contributed by atoms with van der Waals surface area (Å²) in [7, 11) is 0. The molecule has 2 atom stereocenters. The molecule has 6 rings (SSSR count). The fourth-order valence-electron chi connectivity index (χ4n) is 5.49. The van der Waals surface area contributed by atoms with E-state index in [0.29, 0.717) is 31.0 Å². The molecule has 1 aromatic carbocycles. The predicted molar refractivity (Wildman–Crippen MR) is 131 cm³/mol. The number of rotatable bonds is 1. The van der Waals surface area contributed by atoms with Crippen molar-refractivity contribution in [1.29, 1.82) is 0 Å². The van der Waals surface area contributed by atoms with E-state index in [9.17, 15) is 18.0 Å². The zero-order valence-electron chi connectivity index (χ0n) is 19.7. The lowest BCUT2D eigenvalue weighted by atomic mass is 9.95. The minimum atomic E-state index is -4.84. The molecule has 0 spiro atoms. The minimum Gasteiger partial charge on any atom is -0.474 e. The third-order valence-corrected chi connectivity index (χ3v) is 7.31. The molecule has 3 N–H and O–H groups in total. The number of halogens is 5. The molecule has 1 saturated heterocycles. The molecule has 37 heavy (non-hydrogen) atoms. The van der Waals surface area contributed by atoms with E-state index >= 15 is 4.39 Å². The van der Waals surface area contributed by atoms with E-state index in [-0.39, 0.29) is 51.7 Å². The second kappa shape index (κ2) is 8.06. The van der Waals surface area contributed by atoms with Gasteiger partial charge in [-0.1, -0.05) is 11.6 Å². The Morgan fingerprint density at radius 2 is 2.00 bits per heavy atom. The second-order valence-electron chi connectivity index (χ2n) is 9.46. The van der Waals surface area contributed by atoms with Crippen molar-refractivity contribution in [2.24, 2.45) is 0 Å². The number of pyridine rings is 2. The first-order valence-electron chi connectivity index (χ1n) is 11.6. The van der Waals surface area contributed by atoms with Gasteiger partial charge in [0.2, 0.25) is 5.88 Å². The smallest absolute Gasteiger partial charge is 0.418 e. The molecule has 194 valence electrons. The van der Waals surface area contributed by atoms with E-state index in [1.807, 2.05) is 11.8 Å². The highest BCUT2D eigenvalue weighted by molar-refractivity contribution is 6.34. The van der Waals surface area contributed by atoms with Gasteiger partial charge in [0.1, 0.15) is 29.7 Å². The standard InChI is InChI=1S/C24H21ClF4N6O2/c1-9-5-14(30)32-19(16(9)24(27,28)29)15-12(25)6-11-18(17(15)26)33-22-21-20(11)35-8-10(2)31-7-13(35)23(36)34(21)3-4-37-22/h5-6,10,13,31H,3-4,7-8H2,1-2H3,(H2,30,32)/t10-,13-/m1/s1. The Labute approximate surface area is 213 Å². The molecule has 3 aromatic rings. The molecule has 13 heteroatoms. The zero-order chi connectivity index (χ0) is 26.4. The van der Waals surface area contributed by atoms with Gasteiger partial charge in [0.05, 0.1) is 34.1 Å². The van der Waals surface area contributed by atoms with Gasteiger partial charge in [-0.15, -0.1) is 0 Å². The maximum atomic E-state index is 16.3. The summed E-state index contributed by atoms with van der Waals surface area (Å²) in [6, 6.07) is 1.93. The number of aromatic nitrogens is 2. The number of carbonyl (C=O) groups excluding carboxylic acids is 1. The topological polar surface area (TPSA) is 96.6 Å². The molecule has 0 radical (unpaired) electrons. The van der Waals surface area contributed by atoms with Crippen LogP contribution in [0.25, 0.3) is 22.2 Å². The maximum Gasteiger partial charge on any atom is 0.418 e. The molecule has 1 amide bonds. The lowest BCUT2D eigenvalue weighted by Crippen LogP contribution is -2.65. The molecule has 2 aromatic heterocycles. The van der Waals surface area contributed by atoms with Gasteiger partial charge in [-0.3, -0.25) is 4.79 Å². The van der Waals surface area contributed by atoms with Gasteiger partial charge in [0.25, 0.3) is 5.91 Å². The summed E-state index contributed by atoms with van der Waals surface area (Å²) in [4.78, 5) is 24.9. The van der Waals surface area contributed by atoms with Crippen molar-refractivity contribution in [2.45, 2.75) is 32.1 Å². The Kier molecular flexibility index (Phi) is 5.22. The van der Waals surface area contributed by atoms with Gasteiger partial charge in [-0.05, 0) is 31.5 Å². The third-order valence-electron chi connectivity index (χ3n) is 7.01. The predicted octanol–water partition coefficient (Wildman–Crippen LogP) is 3.90. The van der Waals surface area contributed by atoms with Gasteiger partial charge in [0.15, 0.2) is 5.82 Å². The molecule has 3 aliphatic rings. The molecule has 3 aliphatic heterocycles. The Morgan fingerprint density at radius 1 is 1.24 bits per heavy atom. The van der Waals surface area contributed by atoms with Crippen LogP contribution < -0.4 is 25.6 Å². The Bertz CT molecular complexity index is 1500. The SMILES string of the molecule is Cc1cc(N)nc(-c2c(Cl)cc3c4c5c(nc3c2F)OCCN5C(=O)[C@H]2CN[C@H](C)CN42)c1C(F)(F)F. The average molecular weight is 537 g/mol. The first kappa shape index (κ1) is 24.0. The average Bonchev–Trinajstić information content (AvgIpc) is 2.80. The van der Waals surface area contributed by atoms with Gasteiger partial charge >= 0.3 is 6.18 Å². The van der Waals surface area contributed by atoms with Gasteiger partial charge in [-0.2, -0.15) is 13.2 Å². The molecule has 0 aliphatic carbocycles. The van der Waals surface area contributed by atoms with E-state index in [0.717, 1.165) is 6.07 Å². The number of aryl methyl sites for hydroxylation is 1. The number of anilines is 3. The van der Waals surface area contributed by atoms with Crippen molar-refractivity contribution in [3.8, 4) is 17.1 Å². The highest BCUT2D eigenvalue weighted by atomic mass is 35.5. The van der Waals surface area contributed by atoms with E-state index < -0.39 is 34.9 Å². The monoisotopic (exact) mass is 536 g/mol. The Hall–Kier alpha value is -3.38. The van der Waals surface area contributed by atoms with Crippen LogP contribution in [0.2, 0.25) is 5.02 Å². The summed E-state index contributed by atoms with van der Waals surface area (Å²) in [5.41, 5.74) is 3.82. The van der Waals surface area contributed by atoms with Crippen LogP contribution in [0.5, 0.6) is 5.88 Å². The van der Waals surface area contributed by atoms with Crippen LogP contribution in [0.15, 0.2) is 12.1 Å². The van der Waals surface area contributed by atoms with Crippen molar-refractivity contribution in [1.82, 2.24) is 15.3 Å². The number of amides is 1. The lowest BCUT2D eigenvalue weighted by Gasteiger charge is -2.48. The first-order valence-corrected chi connectivity index (χ1v) is 12.0. The second-order valence-corrected chi connectivity index (χ2v) is 9.87. The van der Waals surface area contributed by atoms with E-state index in [1.165, 1.54) is 13.0 Å². The summed E-state index contributed by atoms with van der Waals surface area (Å²) >= 11 is 6.51. The molecule has 1 fully saturated rings. The number of nitrogens with zero attached hydrogens (tertiary/aromatic N) is 4. The first-order chi connectivity index (χ1) is 17.5. The molecular formula is C24H21ClF4N6O2. The number of benzene rings is 1. The van der Waals surface area contributed by atoms with Crippen LogP contribution in [-0.4, -0.2) is 54.2 Å². The summed E-state index contributed by atoms with van der Waals surface area (Å²) < 4.78 is 64.1. The summed E-state index contributed by atoms with van der Waals surface area (Å²) in [5.74, 6) is -1.39. The van der Waals surface area contributed by atoms with Crippen molar-refractivity contribution in [3.05, 3.63) is 34.1 Å². The number of hydrogen-bond acceptors (Lipinski definition) is 7. The maximum absolute atomic E-state index is 16.3. The molecule has 5 heterocycles. The lowest BCUT2D eigenvalue weighted by molar-refractivity contribution is -0.137. The number of nitrogens with one attached hydrogen (secondary N) is 1. The zero-order valence-corrected chi connectivity index (χ0v) is 20.5. The van der Waals surface area contributed by atoms with Crippen molar-refractivity contribution < 1.29 is 27.1 Å². The fourth-order valence-corrected chi connectivity index (χ4v) is 5.78. The van der Waals surface area contributed by atoms with Crippen LogP contribution in [0.3, 0.4) is 0 Å². The summed E-state index contributed by atoms with van der Waals surface area (Å²) in [6.45, 7) is 4.43. The number of hydrogen-bond donors (Lipinski definition) is 2. The van der Waals surface area contributed by atoms with Crippen molar-refractivity contribution in [3.63, 3.8) is 0 Å². The number of carbonyl (C=O) groups is 1. The third kappa shape index (κ3) is 3.49. The highest BCUT2D eigenvalue weighted by Crippen LogP contribution is 2.51. The molecular weight excluding hydrogens is 516 g/mol. The van der Waals surface area contributed by atoms with Crippen LogP contribution in [0, 0.1) is 12.7 Å². The number of alkyl halides is 3. The minimum absolute atomic E-state index is 0.0207. The highest BCUT2D eigenvalue weighted by Gasteiger charge is 2.46. The number of nitrogen functional groups attached to an aromatic ring is 1. The molecule has 0 saturated carbocycles. The van der Waals surface area contributed by atoms with Crippen LogP contribution in [0.1, 0.15) is 18.1 Å². The Balaban J connectivity index is 1.68. The van der Waals surface area contributed by atoms with E-state index in [2.05, 4.69) is 15.3 Å². The van der Waals surface area contributed by atoms with E-state index in [4.69, 9.17) is 22.1 Å². The van der Waals surface area contributed by atoms with Gasteiger partial charge in [-0.25, -0.2) is 14.4 Å². The van der Waals surface area contributed by atoms with Crippen molar-refractivity contribution >= 4 is 45.6 Å². The van der Waals surface area contributed by atoms with Crippen LogP contribution in [0.4, 0.5) is 34.8 Å². The number of nitrogens with two attached hydrogens (primary N) is 1. The van der Waals surface area contributed by atoms with Gasteiger partial charge in [0, 0.05) is 24.5 Å². The van der Waals surface area contributed by atoms with Crippen LogP contribution in [-0.2, 0) is 11.0 Å².